The number of hydrogen-bond donors (Lipinski definition) is 2. The lowest BCUT2D eigenvalue weighted by Gasteiger charge is -2.08. The molecule has 0 aliphatic heterocycles. The van der Waals surface area contributed by atoms with Gasteiger partial charge in [-0.15, -0.1) is 0 Å². The third-order valence-corrected chi connectivity index (χ3v) is 4.08. The maximum atomic E-state index is 12.0. The third-order valence-electron chi connectivity index (χ3n) is 3.67. The lowest BCUT2D eigenvalue weighted by atomic mass is 10.2. The molecule has 0 radical (unpaired) electrons. The predicted octanol–water partition coefficient (Wildman–Crippen LogP) is 2.60. The van der Waals surface area contributed by atoms with Crippen molar-refractivity contribution in [3.63, 3.8) is 0 Å². The zero-order valence-corrected chi connectivity index (χ0v) is 13.9. The highest BCUT2D eigenvalue weighted by Crippen LogP contribution is 2.25. The Hall–Kier alpha value is -3.06. The van der Waals surface area contributed by atoms with Crippen LogP contribution in [0.1, 0.15) is 16.9 Å². The number of furan rings is 1. The first-order valence-corrected chi connectivity index (χ1v) is 7.73. The van der Waals surface area contributed by atoms with Crippen LogP contribution in [0.3, 0.4) is 0 Å². The summed E-state index contributed by atoms with van der Waals surface area (Å²) >= 11 is 6.04. The fraction of sp³-hybridized carbons (Fsp3) is 0.118. The first-order valence-electron chi connectivity index (χ1n) is 7.35. The topological polar surface area (TPSA) is 101 Å². The highest BCUT2D eigenvalue weighted by molar-refractivity contribution is 6.31. The van der Waals surface area contributed by atoms with Gasteiger partial charge in [0, 0.05) is 11.2 Å². The van der Waals surface area contributed by atoms with Crippen molar-refractivity contribution < 1.29 is 9.52 Å². The van der Waals surface area contributed by atoms with E-state index >= 15 is 0 Å². The fourth-order valence-electron chi connectivity index (χ4n) is 2.27. The Morgan fingerprint density at radius 2 is 2.12 bits per heavy atom. The normalized spacial score (nSPS) is 11.3. The molecule has 0 fully saturated rings. The molecule has 0 aliphatic carbocycles. The quantitative estimate of drug-likeness (QED) is 0.699. The van der Waals surface area contributed by atoms with Gasteiger partial charge in [-0.05, 0) is 36.8 Å². The Kier molecular flexibility index (Phi) is 4.58. The minimum atomic E-state index is -0.741. The summed E-state index contributed by atoms with van der Waals surface area (Å²) in [6.07, 6.45) is 2.65. The summed E-state index contributed by atoms with van der Waals surface area (Å²) in [5, 5.41) is 10.9. The molecular weight excluding hydrogens is 346 g/mol. The lowest BCUT2D eigenvalue weighted by molar-refractivity contribution is 0.392. The number of halogens is 1. The summed E-state index contributed by atoms with van der Waals surface area (Å²) in [6.45, 7) is 1.77. The summed E-state index contributed by atoms with van der Waals surface area (Å²) in [4.78, 5) is 30.3. The number of aliphatic imine (C=N–C) groups is 1. The maximum absolute atomic E-state index is 12.0. The van der Waals surface area contributed by atoms with Crippen LogP contribution in [-0.4, -0.2) is 20.9 Å². The number of benzene rings is 1. The van der Waals surface area contributed by atoms with Crippen molar-refractivity contribution in [1.82, 2.24) is 9.55 Å². The van der Waals surface area contributed by atoms with Crippen molar-refractivity contribution in [1.29, 1.82) is 0 Å². The van der Waals surface area contributed by atoms with Crippen LogP contribution in [0.2, 0.25) is 5.02 Å². The number of aromatic amines is 1. The number of nitrogens with one attached hydrogen (secondary N) is 1. The molecule has 2 N–H and O–H groups in total. The number of aromatic hydroxyl groups is 1. The van der Waals surface area contributed by atoms with Crippen molar-refractivity contribution in [2.24, 2.45) is 4.99 Å². The van der Waals surface area contributed by atoms with E-state index in [4.69, 9.17) is 16.0 Å². The predicted molar refractivity (Wildman–Crippen MR) is 94.2 cm³/mol. The van der Waals surface area contributed by atoms with Crippen LogP contribution in [0, 0.1) is 6.92 Å². The SMILES string of the molecule is Cc1c(Cl)cccc1N=Cc1c(O)n(Cc2ccco2)c(=O)[nH]c1=O. The van der Waals surface area contributed by atoms with Crippen LogP contribution >= 0.6 is 11.6 Å². The summed E-state index contributed by atoms with van der Waals surface area (Å²) in [5.74, 6) is -0.0356. The smallest absolute Gasteiger partial charge is 0.331 e. The molecule has 3 rings (SSSR count). The number of rotatable bonds is 4. The van der Waals surface area contributed by atoms with Crippen LogP contribution in [0.4, 0.5) is 5.69 Å². The van der Waals surface area contributed by atoms with Crippen molar-refractivity contribution in [3.8, 4) is 5.88 Å². The molecule has 128 valence electrons. The van der Waals surface area contributed by atoms with Crippen molar-refractivity contribution in [2.75, 3.05) is 0 Å². The minimum absolute atomic E-state index is 0.0223. The molecule has 1 aromatic carbocycles. The zero-order chi connectivity index (χ0) is 18.0. The van der Waals surface area contributed by atoms with Crippen molar-refractivity contribution in [3.05, 3.63) is 79.3 Å². The second-order valence-electron chi connectivity index (χ2n) is 5.30. The van der Waals surface area contributed by atoms with Gasteiger partial charge >= 0.3 is 5.69 Å². The molecule has 0 saturated carbocycles. The van der Waals surface area contributed by atoms with Crippen LogP contribution in [0.15, 0.2) is 55.6 Å². The van der Waals surface area contributed by atoms with Gasteiger partial charge in [0.2, 0.25) is 5.88 Å². The highest BCUT2D eigenvalue weighted by Gasteiger charge is 2.14. The van der Waals surface area contributed by atoms with E-state index in [9.17, 15) is 14.7 Å². The summed E-state index contributed by atoms with van der Waals surface area (Å²) < 4.78 is 6.16. The Bertz CT molecular complexity index is 1050. The lowest BCUT2D eigenvalue weighted by Crippen LogP contribution is -2.32. The van der Waals surface area contributed by atoms with Gasteiger partial charge in [0.1, 0.15) is 11.3 Å². The number of H-pyrrole nitrogens is 1. The Morgan fingerprint density at radius 1 is 1.32 bits per heavy atom. The summed E-state index contributed by atoms with van der Waals surface area (Å²) in [6, 6.07) is 8.49. The number of nitrogens with zero attached hydrogens (tertiary/aromatic N) is 2. The number of aromatic nitrogens is 2. The number of hydrogen-bond acceptors (Lipinski definition) is 5. The van der Waals surface area contributed by atoms with E-state index in [1.54, 1.807) is 37.3 Å². The van der Waals surface area contributed by atoms with Gasteiger partial charge in [-0.1, -0.05) is 17.7 Å². The first-order chi connectivity index (χ1) is 12.0. The van der Waals surface area contributed by atoms with Gasteiger partial charge in [0.15, 0.2) is 0 Å². The van der Waals surface area contributed by atoms with Gasteiger partial charge in [-0.2, -0.15) is 0 Å². The second-order valence-corrected chi connectivity index (χ2v) is 5.71. The van der Waals surface area contributed by atoms with Gasteiger partial charge in [-0.25, -0.2) is 4.79 Å². The van der Waals surface area contributed by atoms with E-state index in [1.807, 2.05) is 0 Å². The molecule has 3 aromatic rings. The monoisotopic (exact) mass is 359 g/mol. The fourth-order valence-corrected chi connectivity index (χ4v) is 2.44. The average Bonchev–Trinajstić information content (AvgIpc) is 3.08. The van der Waals surface area contributed by atoms with E-state index in [2.05, 4.69) is 9.98 Å². The Balaban J connectivity index is 2.04. The molecule has 8 heteroatoms. The molecule has 0 aliphatic rings. The summed E-state index contributed by atoms with van der Waals surface area (Å²) in [7, 11) is 0. The molecule has 7 nitrogen and oxygen atoms in total. The van der Waals surface area contributed by atoms with Gasteiger partial charge < -0.3 is 9.52 Å². The Morgan fingerprint density at radius 3 is 2.84 bits per heavy atom. The summed E-state index contributed by atoms with van der Waals surface area (Å²) in [5.41, 5.74) is -0.322. The van der Waals surface area contributed by atoms with Crippen LogP contribution in [0.5, 0.6) is 5.88 Å². The van der Waals surface area contributed by atoms with E-state index in [0.717, 1.165) is 10.1 Å². The molecule has 0 unspecified atom stereocenters. The van der Waals surface area contributed by atoms with Crippen LogP contribution < -0.4 is 11.2 Å². The second kappa shape index (κ2) is 6.82. The van der Waals surface area contributed by atoms with E-state index in [-0.39, 0.29) is 12.1 Å². The van der Waals surface area contributed by atoms with E-state index in [0.29, 0.717) is 16.5 Å². The zero-order valence-electron chi connectivity index (χ0n) is 13.2. The largest absolute Gasteiger partial charge is 0.494 e. The molecule has 2 aromatic heterocycles. The third kappa shape index (κ3) is 3.41. The van der Waals surface area contributed by atoms with Crippen LogP contribution in [-0.2, 0) is 6.54 Å². The first kappa shape index (κ1) is 16.8. The van der Waals surface area contributed by atoms with Gasteiger partial charge in [0.05, 0.1) is 18.5 Å². The molecular formula is C17H14ClN3O4. The standard InChI is InChI=1S/C17H14ClN3O4/c1-10-13(18)5-2-6-14(10)19-8-12-15(22)20-17(24)21(16(12)23)9-11-4-3-7-25-11/h2-8,23H,9H2,1H3,(H,20,22,24). The average molecular weight is 360 g/mol. The highest BCUT2D eigenvalue weighted by atomic mass is 35.5. The van der Waals surface area contributed by atoms with Crippen molar-refractivity contribution in [2.45, 2.75) is 13.5 Å². The molecule has 25 heavy (non-hydrogen) atoms. The molecule has 0 spiro atoms. The molecule has 0 atom stereocenters. The molecule has 0 amide bonds. The molecule has 0 saturated heterocycles. The van der Waals surface area contributed by atoms with E-state index < -0.39 is 17.1 Å². The van der Waals surface area contributed by atoms with Crippen molar-refractivity contribution >= 4 is 23.5 Å². The molecule has 2 heterocycles. The minimum Gasteiger partial charge on any atom is -0.494 e. The Labute approximate surface area is 146 Å². The van der Waals surface area contributed by atoms with Gasteiger partial charge in [0.25, 0.3) is 5.56 Å². The molecule has 0 bridgehead atoms. The maximum Gasteiger partial charge on any atom is 0.331 e. The van der Waals surface area contributed by atoms with Gasteiger partial charge in [-0.3, -0.25) is 19.3 Å². The van der Waals surface area contributed by atoms with Crippen LogP contribution in [0.25, 0.3) is 0 Å². The van der Waals surface area contributed by atoms with E-state index in [1.165, 1.54) is 12.5 Å².